The van der Waals surface area contributed by atoms with Gasteiger partial charge in [-0.05, 0) is 24.5 Å². The van der Waals surface area contributed by atoms with Gasteiger partial charge in [0.25, 0.3) is 0 Å². The average molecular weight is 308 g/mol. The summed E-state index contributed by atoms with van der Waals surface area (Å²) in [6.07, 6.45) is 0.963. The van der Waals surface area contributed by atoms with E-state index in [1.54, 1.807) is 6.92 Å². The van der Waals surface area contributed by atoms with Crippen molar-refractivity contribution in [1.82, 2.24) is 10.2 Å². The van der Waals surface area contributed by atoms with Gasteiger partial charge in [-0.2, -0.15) is 0 Å². The van der Waals surface area contributed by atoms with E-state index in [2.05, 4.69) is 46.6 Å². The molecule has 2 atom stereocenters. The molecule has 1 aliphatic rings. The second-order valence-corrected chi connectivity index (χ2v) is 6.21. The Kier molecular flexibility index (Phi) is 5.21. The summed E-state index contributed by atoms with van der Waals surface area (Å²) in [7, 11) is 0. The van der Waals surface area contributed by atoms with Crippen LogP contribution in [0.5, 0.6) is 0 Å². The van der Waals surface area contributed by atoms with E-state index >= 15 is 0 Å². The molecule has 0 aliphatic carbocycles. The Bertz CT molecular complexity index is 627. The zero-order valence-electron chi connectivity index (χ0n) is 13.6. The maximum Gasteiger partial charge on any atom is 0.151 e. The van der Waals surface area contributed by atoms with Crippen molar-refractivity contribution >= 4 is 5.78 Å². The second kappa shape index (κ2) is 7.53. The molecule has 0 saturated carbocycles. The van der Waals surface area contributed by atoms with Gasteiger partial charge < -0.3 is 5.32 Å². The number of piperazine rings is 1. The van der Waals surface area contributed by atoms with E-state index in [9.17, 15) is 4.79 Å². The zero-order valence-corrected chi connectivity index (χ0v) is 13.6. The number of nitrogens with zero attached hydrogens (tertiary/aromatic N) is 1. The predicted molar refractivity (Wildman–Crippen MR) is 93.4 cm³/mol. The maximum absolute atomic E-state index is 12.4. The molecule has 2 aromatic rings. The third-order valence-electron chi connectivity index (χ3n) is 4.54. The van der Waals surface area contributed by atoms with Crippen LogP contribution in [-0.4, -0.2) is 36.4 Å². The van der Waals surface area contributed by atoms with Gasteiger partial charge in [-0.3, -0.25) is 9.69 Å². The van der Waals surface area contributed by atoms with Crippen LogP contribution in [0.25, 0.3) is 0 Å². The van der Waals surface area contributed by atoms with Crippen molar-refractivity contribution in [1.29, 1.82) is 0 Å². The summed E-state index contributed by atoms with van der Waals surface area (Å²) in [6.45, 7) is 4.46. The van der Waals surface area contributed by atoms with Crippen LogP contribution >= 0.6 is 0 Å². The lowest BCUT2D eigenvalue weighted by Crippen LogP contribution is -2.54. The highest BCUT2D eigenvalue weighted by Gasteiger charge is 2.32. The second-order valence-electron chi connectivity index (χ2n) is 6.21. The van der Waals surface area contributed by atoms with Crippen LogP contribution in [0.2, 0.25) is 0 Å². The molecular formula is C20H24N2O. The summed E-state index contributed by atoms with van der Waals surface area (Å²) >= 11 is 0. The number of carbonyl (C=O) groups excluding carboxylic acids is 1. The fourth-order valence-corrected chi connectivity index (χ4v) is 3.49. The van der Waals surface area contributed by atoms with E-state index in [-0.39, 0.29) is 11.8 Å². The molecule has 0 aromatic heterocycles. The highest BCUT2D eigenvalue weighted by molar-refractivity contribution is 5.83. The first-order chi connectivity index (χ1) is 11.3. The fourth-order valence-electron chi connectivity index (χ4n) is 3.49. The maximum atomic E-state index is 12.4. The van der Waals surface area contributed by atoms with Gasteiger partial charge in [-0.1, -0.05) is 60.7 Å². The van der Waals surface area contributed by atoms with Crippen molar-refractivity contribution < 1.29 is 4.79 Å². The Hall–Kier alpha value is -1.97. The molecule has 1 aliphatic heterocycles. The highest BCUT2D eigenvalue weighted by Crippen LogP contribution is 2.26. The van der Waals surface area contributed by atoms with E-state index < -0.39 is 0 Å². The number of benzene rings is 2. The van der Waals surface area contributed by atoms with Crippen LogP contribution in [0.3, 0.4) is 0 Å². The van der Waals surface area contributed by atoms with Gasteiger partial charge in [-0.25, -0.2) is 0 Å². The van der Waals surface area contributed by atoms with Crippen LogP contribution in [0.15, 0.2) is 60.7 Å². The molecule has 3 rings (SSSR count). The Morgan fingerprint density at radius 2 is 1.78 bits per heavy atom. The summed E-state index contributed by atoms with van der Waals surface area (Å²) in [5.41, 5.74) is 2.42. The van der Waals surface area contributed by atoms with Gasteiger partial charge in [0, 0.05) is 25.7 Å². The Balaban J connectivity index is 1.85. The molecule has 3 nitrogen and oxygen atoms in total. The summed E-state index contributed by atoms with van der Waals surface area (Å²) in [4.78, 5) is 14.8. The molecule has 2 aromatic carbocycles. The number of carbonyl (C=O) groups is 1. The summed E-state index contributed by atoms with van der Waals surface area (Å²) < 4.78 is 0. The van der Waals surface area contributed by atoms with E-state index in [4.69, 9.17) is 0 Å². The third-order valence-corrected chi connectivity index (χ3v) is 4.54. The van der Waals surface area contributed by atoms with Crippen LogP contribution in [0.1, 0.15) is 24.1 Å². The van der Waals surface area contributed by atoms with Gasteiger partial charge in [0.15, 0.2) is 5.78 Å². The molecule has 1 unspecified atom stereocenters. The lowest BCUT2D eigenvalue weighted by atomic mass is 9.95. The van der Waals surface area contributed by atoms with Crippen LogP contribution in [0, 0.1) is 0 Å². The number of hydrogen-bond donors (Lipinski definition) is 1. The molecule has 1 saturated heterocycles. The highest BCUT2D eigenvalue weighted by atomic mass is 16.1. The number of rotatable bonds is 5. The first-order valence-electron chi connectivity index (χ1n) is 8.31. The first kappa shape index (κ1) is 15.9. The molecule has 0 amide bonds. The third kappa shape index (κ3) is 3.87. The topological polar surface area (TPSA) is 32.3 Å². The van der Waals surface area contributed by atoms with Gasteiger partial charge in [0.2, 0.25) is 0 Å². The first-order valence-corrected chi connectivity index (χ1v) is 8.31. The van der Waals surface area contributed by atoms with Gasteiger partial charge in [0.1, 0.15) is 0 Å². The van der Waals surface area contributed by atoms with Gasteiger partial charge in [0.05, 0.1) is 6.04 Å². The molecule has 3 heteroatoms. The predicted octanol–water partition coefficient (Wildman–Crippen LogP) is 2.83. The van der Waals surface area contributed by atoms with Gasteiger partial charge in [-0.15, -0.1) is 0 Å². The molecule has 1 heterocycles. The largest absolute Gasteiger partial charge is 0.314 e. The molecule has 23 heavy (non-hydrogen) atoms. The minimum atomic E-state index is -0.146. The molecular weight excluding hydrogens is 284 g/mol. The van der Waals surface area contributed by atoms with Crippen LogP contribution < -0.4 is 5.32 Å². The average Bonchev–Trinajstić information content (AvgIpc) is 2.58. The van der Waals surface area contributed by atoms with E-state index in [0.717, 1.165) is 31.6 Å². The van der Waals surface area contributed by atoms with Crippen LogP contribution in [-0.2, 0) is 11.2 Å². The molecule has 1 N–H and O–H groups in total. The number of Topliss-reactive ketones (excluding diaryl/α,β-unsaturated/α-hetero) is 1. The lowest BCUT2D eigenvalue weighted by Gasteiger charge is -2.41. The van der Waals surface area contributed by atoms with E-state index in [0.29, 0.717) is 6.04 Å². The Morgan fingerprint density at radius 1 is 1.13 bits per heavy atom. The lowest BCUT2D eigenvalue weighted by molar-refractivity contribution is -0.123. The minimum Gasteiger partial charge on any atom is -0.314 e. The van der Waals surface area contributed by atoms with Gasteiger partial charge >= 0.3 is 0 Å². The zero-order chi connectivity index (χ0) is 16.1. The standard InChI is InChI=1S/C20H24N2O/c1-16(23)20(18-10-6-3-7-11-18)22-13-12-21-15-19(22)14-17-8-4-2-5-9-17/h2-11,19-21H,12-15H2,1H3/t19?,20-/m0/s1. The smallest absolute Gasteiger partial charge is 0.151 e. The normalized spacial score (nSPS) is 20.1. The number of nitrogens with one attached hydrogen (secondary N) is 1. The summed E-state index contributed by atoms with van der Waals surface area (Å²) in [5.74, 6) is 0.219. The van der Waals surface area contributed by atoms with E-state index in [1.165, 1.54) is 5.56 Å². The van der Waals surface area contributed by atoms with Crippen molar-refractivity contribution in [3.05, 3.63) is 71.8 Å². The molecule has 0 spiro atoms. The Morgan fingerprint density at radius 3 is 2.43 bits per heavy atom. The molecule has 0 bridgehead atoms. The summed E-state index contributed by atoms with van der Waals surface area (Å²) in [5, 5.41) is 3.48. The molecule has 120 valence electrons. The monoisotopic (exact) mass is 308 g/mol. The van der Waals surface area contributed by atoms with Crippen LogP contribution in [0.4, 0.5) is 0 Å². The molecule has 1 fully saturated rings. The van der Waals surface area contributed by atoms with Crippen molar-refractivity contribution in [2.24, 2.45) is 0 Å². The van der Waals surface area contributed by atoms with E-state index in [1.807, 2.05) is 24.3 Å². The SMILES string of the molecule is CC(=O)[C@@H](c1ccccc1)N1CCNCC1Cc1ccccc1. The van der Waals surface area contributed by atoms with Crippen molar-refractivity contribution in [2.75, 3.05) is 19.6 Å². The summed E-state index contributed by atoms with van der Waals surface area (Å²) in [6, 6.07) is 20.9. The minimum absolute atomic E-state index is 0.146. The molecule has 0 radical (unpaired) electrons. The Labute approximate surface area is 138 Å². The van der Waals surface area contributed by atoms with Crippen molar-refractivity contribution in [2.45, 2.75) is 25.4 Å². The fraction of sp³-hybridized carbons (Fsp3) is 0.350. The van der Waals surface area contributed by atoms with Crippen molar-refractivity contribution in [3.63, 3.8) is 0 Å². The quantitative estimate of drug-likeness (QED) is 0.922. The number of hydrogen-bond acceptors (Lipinski definition) is 3. The van der Waals surface area contributed by atoms with Crippen molar-refractivity contribution in [3.8, 4) is 0 Å². The number of ketones is 1.